The lowest BCUT2D eigenvalue weighted by atomic mass is 10.1. The Kier molecular flexibility index (Phi) is 5.31. The zero-order chi connectivity index (χ0) is 22.9. The average molecular weight is 453 g/mol. The number of rotatable bonds is 7. The fourth-order valence-corrected chi connectivity index (χ4v) is 4.22. The number of nitrogens with zero attached hydrogens (tertiary/aromatic N) is 6. The van der Waals surface area contributed by atoms with Gasteiger partial charge in [-0.05, 0) is 36.6 Å². The first-order valence-corrected chi connectivity index (χ1v) is 11.4. The number of anilines is 1. The van der Waals surface area contributed by atoms with Crippen molar-refractivity contribution in [1.29, 1.82) is 0 Å². The molecule has 0 atom stereocenters. The Morgan fingerprint density at radius 2 is 1.91 bits per heavy atom. The molecule has 170 valence electrons. The van der Waals surface area contributed by atoms with Crippen LogP contribution in [0.5, 0.6) is 5.88 Å². The van der Waals surface area contributed by atoms with E-state index in [1.54, 1.807) is 19.6 Å². The fourth-order valence-electron chi connectivity index (χ4n) is 4.22. The van der Waals surface area contributed by atoms with Crippen LogP contribution >= 0.6 is 0 Å². The number of aromatic nitrogens is 6. The normalized spacial score (nSPS) is 14.6. The van der Waals surface area contributed by atoms with E-state index in [0.29, 0.717) is 30.7 Å². The van der Waals surface area contributed by atoms with Gasteiger partial charge in [-0.2, -0.15) is 0 Å². The molecule has 34 heavy (non-hydrogen) atoms. The lowest BCUT2D eigenvalue weighted by Crippen LogP contribution is -2.09. The summed E-state index contributed by atoms with van der Waals surface area (Å²) in [4.78, 5) is 27.6. The molecule has 9 nitrogen and oxygen atoms in total. The predicted octanol–water partition coefficient (Wildman–Crippen LogP) is 3.49. The summed E-state index contributed by atoms with van der Waals surface area (Å²) in [5, 5.41) is 6.89. The molecular formula is C25H24N8O. The summed E-state index contributed by atoms with van der Waals surface area (Å²) in [6.07, 6.45) is 7.44. The van der Waals surface area contributed by atoms with Crippen molar-refractivity contribution in [2.24, 2.45) is 0 Å². The Labute approximate surface area is 197 Å². The Morgan fingerprint density at radius 1 is 1.00 bits per heavy atom. The molecule has 0 spiro atoms. The third kappa shape index (κ3) is 3.94. The van der Waals surface area contributed by atoms with Crippen molar-refractivity contribution in [3.63, 3.8) is 0 Å². The van der Waals surface area contributed by atoms with E-state index in [-0.39, 0.29) is 0 Å². The van der Waals surface area contributed by atoms with Crippen molar-refractivity contribution >= 4 is 5.82 Å². The third-order valence-electron chi connectivity index (χ3n) is 6.12. The van der Waals surface area contributed by atoms with Gasteiger partial charge >= 0.3 is 0 Å². The molecule has 0 bridgehead atoms. The first kappa shape index (κ1) is 20.6. The van der Waals surface area contributed by atoms with Crippen molar-refractivity contribution in [3.05, 3.63) is 71.6 Å². The molecule has 0 saturated heterocycles. The van der Waals surface area contributed by atoms with Crippen LogP contribution in [0, 0.1) is 0 Å². The summed E-state index contributed by atoms with van der Waals surface area (Å²) in [5.74, 6) is 2.35. The van der Waals surface area contributed by atoms with Crippen molar-refractivity contribution < 1.29 is 4.74 Å². The van der Waals surface area contributed by atoms with Gasteiger partial charge in [0, 0.05) is 43.5 Å². The van der Waals surface area contributed by atoms with Crippen molar-refractivity contribution in [3.8, 4) is 28.7 Å². The molecule has 5 heterocycles. The molecule has 0 unspecified atom stereocenters. The van der Waals surface area contributed by atoms with Crippen molar-refractivity contribution in [2.45, 2.75) is 38.4 Å². The van der Waals surface area contributed by atoms with Crippen LogP contribution in [0.25, 0.3) is 22.8 Å². The number of hydrogen-bond donors (Lipinski definition) is 2. The Hall–Kier alpha value is -3.98. The first-order chi connectivity index (χ1) is 16.8. The van der Waals surface area contributed by atoms with Gasteiger partial charge in [0.25, 0.3) is 0 Å². The number of ether oxygens (including phenoxy) is 1. The highest BCUT2D eigenvalue weighted by Gasteiger charge is 2.32. The van der Waals surface area contributed by atoms with E-state index in [1.165, 1.54) is 0 Å². The second-order valence-electron chi connectivity index (χ2n) is 8.46. The topological polar surface area (TPSA) is 111 Å². The predicted molar refractivity (Wildman–Crippen MR) is 127 cm³/mol. The van der Waals surface area contributed by atoms with Gasteiger partial charge in [-0.25, -0.2) is 19.9 Å². The summed E-state index contributed by atoms with van der Waals surface area (Å²) in [5.41, 5.74) is 6.61. The van der Waals surface area contributed by atoms with Gasteiger partial charge in [0.05, 0.1) is 29.9 Å². The maximum Gasteiger partial charge on any atom is 0.227 e. The summed E-state index contributed by atoms with van der Waals surface area (Å²) < 4.78 is 5.57. The fraction of sp³-hybridized carbons (Fsp3) is 0.280. The quantitative estimate of drug-likeness (QED) is 0.435. The number of pyridine rings is 2. The number of methoxy groups -OCH3 is 1. The molecular weight excluding hydrogens is 428 g/mol. The lowest BCUT2D eigenvalue weighted by Gasteiger charge is -2.15. The minimum atomic E-state index is 0.419. The first-order valence-electron chi connectivity index (χ1n) is 11.4. The smallest absolute Gasteiger partial charge is 0.227 e. The highest BCUT2D eigenvalue weighted by atomic mass is 16.5. The van der Waals surface area contributed by atoms with Crippen LogP contribution in [-0.4, -0.2) is 37.0 Å². The number of nitrogens with one attached hydrogen (secondary N) is 2. The molecule has 9 heteroatoms. The van der Waals surface area contributed by atoms with E-state index >= 15 is 0 Å². The molecule has 0 aromatic carbocycles. The second-order valence-corrected chi connectivity index (χ2v) is 8.46. The minimum absolute atomic E-state index is 0.419. The zero-order valence-corrected chi connectivity index (χ0v) is 18.8. The van der Waals surface area contributed by atoms with Gasteiger partial charge in [0.2, 0.25) is 5.88 Å². The highest BCUT2D eigenvalue weighted by Crippen LogP contribution is 2.45. The molecule has 0 amide bonds. The van der Waals surface area contributed by atoms with Crippen LogP contribution in [0.3, 0.4) is 0 Å². The molecule has 1 saturated carbocycles. The molecule has 6 rings (SSSR count). The maximum atomic E-state index is 5.57. The average Bonchev–Trinajstić information content (AvgIpc) is 3.64. The largest absolute Gasteiger partial charge is 0.480 e. The van der Waals surface area contributed by atoms with E-state index < -0.39 is 0 Å². The van der Waals surface area contributed by atoms with E-state index in [0.717, 1.165) is 64.7 Å². The Bertz CT molecular complexity index is 1320. The summed E-state index contributed by atoms with van der Waals surface area (Å²) in [6.45, 7) is 2.03. The van der Waals surface area contributed by atoms with E-state index in [1.807, 2.05) is 30.5 Å². The van der Waals surface area contributed by atoms with Gasteiger partial charge < -0.3 is 15.4 Å². The summed E-state index contributed by atoms with van der Waals surface area (Å²) >= 11 is 0. The maximum absolute atomic E-state index is 5.57. The molecule has 2 N–H and O–H groups in total. The van der Waals surface area contributed by atoms with Crippen LogP contribution in [0.4, 0.5) is 5.82 Å². The number of hydrogen-bond acceptors (Lipinski definition) is 9. The van der Waals surface area contributed by atoms with Crippen LogP contribution in [0.15, 0.2) is 49.1 Å². The lowest BCUT2D eigenvalue weighted by molar-refractivity contribution is 0.397. The molecule has 1 aliphatic heterocycles. The summed E-state index contributed by atoms with van der Waals surface area (Å²) in [6, 6.07) is 9.86. The molecule has 2 aliphatic rings. The van der Waals surface area contributed by atoms with Crippen LogP contribution in [0.1, 0.15) is 41.3 Å². The SMILES string of the molecule is COc1ncnc(C2CC2)c1-c1nc2c(c(NCc3ccc(-c4ccccn4)nc3)n1)CNC2. The van der Waals surface area contributed by atoms with Gasteiger partial charge in [-0.15, -0.1) is 0 Å². The molecule has 0 radical (unpaired) electrons. The van der Waals surface area contributed by atoms with Gasteiger partial charge in [0.15, 0.2) is 5.82 Å². The van der Waals surface area contributed by atoms with E-state index in [2.05, 4.69) is 36.6 Å². The van der Waals surface area contributed by atoms with Gasteiger partial charge in [0.1, 0.15) is 17.7 Å². The van der Waals surface area contributed by atoms with Crippen LogP contribution in [-0.2, 0) is 19.6 Å². The van der Waals surface area contributed by atoms with Crippen molar-refractivity contribution in [2.75, 3.05) is 12.4 Å². The zero-order valence-electron chi connectivity index (χ0n) is 18.8. The molecule has 4 aromatic heterocycles. The Balaban J connectivity index is 1.30. The van der Waals surface area contributed by atoms with E-state index in [9.17, 15) is 0 Å². The second kappa shape index (κ2) is 8.75. The van der Waals surface area contributed by atoms with Crippen LogP contribution in [0.2, 0.25) is 0 Å². The minimum Gasteiger partial charge on any atom is -0.480 e. The molecule has 1 fully saturated rings. The van der Waals surface area contributed by atoms with E-state index in [4.69, 9.17) is 14.7 Å². The highest BCUT2D eigenvalue weighted by molar-refractivity contribution is 5.68. The van der Waals surface area contributed by atoms with Gasteiger partial charge in [-0.1, -0.05) is 12.1 Å². The monoisotopic (exact) mass is 452 g/mol. The van der Waals surface area contributed by atoms with Crippen LogP contribution < -0.4 is 15.4 Å². The Morgan fingerprint density at radius 3 is 2.68 bits per heavy atom. The standard InChI is InChI=1S/C25H24N8O/c1-34-25-21(22(16-6-7-16)30-14-31-25)24-32-20-13-26-12-17(20)23(33-24)29-11-15-5-8-19(28-10-15)18-4-2-3-9-27-18/h2-5,8-10,14,16,26H,6-7,11-13H2,1H3,(H,29,32,33). The number of fused-ring (bicyclic) bond motifs is 1. The molecule has 4 aromatic rings. The van der Waals surface area contributed by atoms with Gasteiger partial charge in [-0.3, -0.25) is 9.97 Å². The van der Waals surface area contributed by atoms with Crippen molar-refractivity contribution in [1.82, 2.24) is 35.2 Å². The summed E-state index contributed by atoms with van der Waals surface area (Å²) in [7, 11) is 1.62. The molecule has 1 aliphatic carbocycles. The third-order valence-corrected chi connectivity index (χ3v) is 6.12.